The Balaban J connectivity index is 1.74. The number of aromatic hydroxyl groups is 1. The van der Waals surface area contributed by atoms with Crippen molar-refractivity contribution in [3.8, 4) is 16.9 Å². The first-order valence-electron chi connectivity index (χ1n) is 10.5. The lowest BCUT2D eigenvalue weighted by atomic mass is 10.0. The smallest absolute Gasteiger partial charge is 0.416 e. The molecule has 0 spiro atoms. The highest BCUT2D eigenvalue weighted by molar-refractivity contribution is 7.92. The van der Waals surface area contributed by atoms with Crippen LogP contribution in [0.2, 0.25) is 5.02 Å². The molecule has 7 nitrogen and oxygen atoms in total. The highest BCUT2D eigenvalue weighted by Crippen LogP contribution is 2.35. The summed E-state index contributed by atoms with van der Waals surface area (Å²) in [5, 5.41) is 12.6. The summed E-state index contributed by atoms with van der Waals surface area (Å²) in [5.41, 5.74) is 0.422. The molecule has 0 fully saturated rings. The second-order valence-corrected chi connectivity index (χ2v) is 10.4. The molecule has 12 heteroatoms. The second kappa shape index (κ2) is 10.8. The van der Waals surface area contributed by atoms with Gasteiger partial charge in [0.05, 0.1) is 17.0 Å². The molecule has 0 saturated carbocycles. The Kier molecular flexibility index (Phi) is 8.17. The molecule has 0 aliphatic rings. The molecule has 0 aliphatic heterocycles. The van der Waals surface area contributed by atoms with Crippen molar-refractivity contribution >= 4 is 38.9 Å². The van der Waals surface area contributed by atoms with Gasteiger partial charge < -0.3 is 15.3 Å². The molecule has 3 aromatic rings. The van der Waals surface area contributed by atoms with Gasteiger partial charge in [-0.3, -0.25) is 9.52 Å². The highest BCUT2D eigenvalue weighted by atomic mass is 35.5. The van der Waals surface area contributed by atoms with E-state index in [9.17, 15) is 31.5 Å². The van der Waals surface area contributed by atoms with E-state index < -0.39 is 27.7 Å². The number of hydrogen-bond donors (Lipinski definition) is 3. The number of benzene rings is 3. The minimum Gasteiger partial charge on any atom is -0.506 e. The number of anilines is 2. The Bertz CT molecular complexity index is 1360. The molecule has 0 aliphatic carbocycles. The molecule has 3 aromatic carbocycles. The maximum absolute atomic E-state index is 12.9. The molecule has 192 valence electrons. The average molecular weight is 542 g/mol. The van der Waals surface area contributed by atoms with Crippen molar-refractivity contribution in [3.63, 3.8) is 0 Å². The fourth-order valence-corrected chi connectivity index (χ4v) is 4.64. The van der Waals surface area contributed by atoms with Crippen LogP contribution < -0.4 is 10.0 Å². The monoisotopic (exact) mass is 541 g/mol. The van der Waals surface area contributed by atoms with E-state index in [1.165, 1.54) is 36.4 Å². The quantitative estimate of drug-likeness (QED) is 0.266. The Labute approximate surface area is 211 Å². The summed E-state index contributed by atoms with van der Waals surface area (Å²) >= 11 is 6.04. The number of nitrogens with zero attached hydrogens (tertiary/aromatic N) is 1. The van der Waals surface area contributed by atoms with Crippen LogP contribution in [0.1, 0.15) is 15.9 Å². The molecular formula is C24H23ClF3N3O4S. The number of carbonyl (C=O) groups excluding carboxylic acids is 1. The van der Waals surface area contributed by atoms with Crippen LogP contribution in [0.3, 0.4) is 0 Å². The van der Waals surface area contributed by atoms with Gasteiger partial charge >= 0.3 is 6.18 Å². The third-order valence-corrected chi connectivity index (χ3v) is 6.65. The standard InChI is InChI=1S/C24H23ClF3N3O4S/c1-31(2)11-12-36(34,35)30-21-14-18(8-10-22(21)32)29-23(33)16-5-3-15(4-6-16)19-9-7-17(13-20(19)25)24(26,27)28/h3-10,13-14,30,32H,11-12H2,1-2H3,(H,29,33). The zero-order valence-electron chi connectivity index (χ0n) is 19.2. The fraction of sp³-hybridized carbons (Fsp3) is 0.208. The van der Waals surface area contributed by atoms with Crippen molar-refractivity contribution in [3.05, 3.63) is 76.8 Å². The summed E-state index contributed by atoms with van der Waals surface area (Å²) in [4.78, 5) is 14.4. The number of amides is 1. The SMILES string of the molecule is CN(C)CCS(=O)(=O)Nc1cc(NC(=O)c2ccc(-c3ccc(C(F)(F)F)cc3Cl)cc2)ccc1O. The summed E-state index contributed by atoms with van der Waals surface area (Å²) in [5.74, 6) is -1.02. The van der Waals surface area contributed by atoms with Gasteiger partial charge in [-0.05, 0) is 62.1 Å². The average Bonchev–Trinajstić information content (AvgIpc) is 2.79. The lowest BCUT2D eigenvalue weighted by molar-refractivity contribution is -0.137. The molecule has 0 bridgehead atoms. The Morgan fingerprint density at radius 1 is 1.03 bits per heavy atom. The first kappa shape index (κ1) is 27.3. The zero-order chi connectivity index (χ0) is 26.7. The molecule has 0 aromatic heterocycles. The lowest BCUT2D eigenvalue weighted by Gasteiger charge is -2.14. The fourth-order valence-electron chi connectivity index (χ4n) is 3.15. The van der Waals surface area contributed by atoms with Gasteiger partial charge in [0, 0.05) is 28.4 Å². The normalized spacial score (nSPS) is 12.0. The summed E-state index contributed by atoms with van der Waals surface area (Å²) in [6, 6.07) is 13.0. The molecule has 3 rings (SSSR count). The molecule has 0 radical (unpaired) electrons. The first-order valence-corrected chi connectivity index (χ1v) is 12.5. The third-order valence-electron chi connectivity index (χ3n) is 5.08. The van der Waals surface area contributed by atoms with E-state index >= 15 is 0 Å². The number of sulfonamides is 1. The number of carbonyl (C=O) groups is 1. The Morgan fingerprint density at radius 3 is 2.28 bits per heavy atom. The van der Waals surface area contributed by atoms with Crippen LogP contribution in [0.15, 0.2) is 60.7 Å². The van der Waals surface area contributed by atoms with Gasteiger partial charge in [-0.25, -0.2) is 8.42 Å². The largest absolute Gasteiger partial charge is 0.506 e. The minimum atomic E-state index is -4.51. The third kappa shape index (κ3) is 7.12. The van der Waals surface area contributed by atoms with Crippen molar-refractivity contribution in [2.45, 2.75) is 6.18 Å². The van der Waals surface area contributed by atoms with Gasteiger partial charge in [0.2, 0.25) is 10.0 Å². The number of nitrogens with one attached hydrogen (secondary N) is 2. The van der Waals surface area contributed by atoms with Gasteiger partial charge in [0.1, 0.15) is 5.75 Å². The maximum atomic E-state index is 12.9. The van der Waals surface area contributed by atoms with E-state index in [0.717, 1.165) is 12.1 Å². The lowest BCUT2D eigenvalue weighted by Crippen LogP contribution is -2.26. The van der Waals surface area contributed by atoms with Crippen LogP contribution in [0.25, 0.3) is 11.1 Å². The predicted molar refractivity (Wildman–Crippen MR) is 134 cm³/mol. The van der Waals surface area contributed by atoms with Crippen LogP contribution in [0.5, 0.6) is 5.75 Å². The summed E-state index contributed by atoms with van der Waals surface area (Å²) in [7, 11) is -0.273. The maximum Gasteiger partial charge on any atom is 0.416 e. The molecular weight excluding hydrogens is 519 g/mol. The van der Waals surface area contributed by atoms with E-state index in [1.807, 2.05) is 0 Å². The van der Waals surface area contributed by atoms with Crippen LogP contribution in [0.4, 0.5) is 24.5 Å². The number of phenols is 1. The summed E-state index contributed by atoms with van der Waals surface area (Å²) < 4.78 is 65.4. The topological polar surface area (TPSA) is 98.7 Å². The van der Waals surface area contributed by atoms with E-state index in [-0.39, 0.29) is 40.0 Å². The number of phenolic OH excluding ortho intramolecular Hbond substituents is 1. The van der Waals surface area contributed by atoms with Crippen molar-refractivity contribution in [2.24, 2.45) is 0 Å². The molecule has 0 heterocycles. The Morgan fingerprint density at radius 2 is 1.69 bits per heavy atom. The van der Waals surface area contributed by atoms with Crippen molar-refractivity contribution in [2.75, 3.05) is 36.4 Å². The van der Waals surface area contributed by atoms with E-state index in [2.05, 4.69) is 10.0 Å². The first-order chi connectivity index (χ1) is 16.7. The molecule has 1 amide bonds. The summed E-state index contributed by atoms with van der Waals surface area (Å²) in [6.45, 7) is 0.278. The number of hydrogen-bond acceptors (Lipinski definition) is 5. The Hall–Kier alpha value is -3.28. The van der Waals surface area contributed by atoms with Gasteiger partial charge in [0.15, 0.2) is 0 Å². The number of rotatable bonds is 8. The van der Waals surface area contributed by atoms with E-state index in [0.29, 0.717) is 11.1 Å². The number of halogens is 4. The molecule has 3 N–H and O–H groups in total. The van der Waals surface area contributed by atoms with E-state index in [4.69, 9.17) is 11.6 Å². The van der Waals surface area contributed by atoms with Gasteiger partial charge in [-0.1, -0.05) is 29.8 Å². The van der Waals surface area contributed by atoms with E-state index in [1.54, 1.807) is 31.1 Å². The van der Waals surface area contributed by atoms with Crippen molar-refractivity contribution < 1.29 is 31.5 Å². The van der Waals surface area contributed by atoms with Crippen LogP contribution >= 0.6 is 11.6 Å². The van der Waals surface area contributed by atoms with Crippen LogP contribution in [-0.4, -0.2) is 50.7 Å². The summed E-state index contributed by atoms with van der Waals surface area (Å²) in [6.07, 6.45) is -4.51. The minimum absolute atomic E-state index is 0.0771. The van der Waals surface area contributed by atoms with Crippen LogP contribution in [0, 0.1) is 0 Å². The molecule has 0 saturated heterocycles. The number of alkyl halides is 3. The predicted octanol–water partition coefficient (Wildman–Crippen LogP) is 5.29. The van der Waals surface area contributed by atoms with Crippen molar-refractivity contribution in [1.29, 1.82) is 0 Å². The molecule has 0 unspecified atom stereocenters. The molecule has 36 heavy (non-hydrogen) atoms. The second-order valence-electron chi connectivity index (χ2n) is 8.18. The molecule has 0 atom stereocenters. The van der Waals surface area contributed by atoms with Gasteiger partial charge in [0.25, 0.3) is 5.91 Å². The van der Waals surface area contributed by atoms with Gasteiger partial charge in [-0.2, -0.15) is 13.2 Å². The van der Waals surface area contributed by atoms with Gasteiger partial charge in [-0.15, -0.1) is 0 Å². The zero-order valence-corrected chi connectivity index (χ0v) is 20.8. The van der Waals surface area contributed by atoms with Crippen LogP contribution in [-0.2, 0) is 16.2 Å². The highest BCUT2D eigenvalue weighted by Gasteiger charge is 2.31. The van der Waals surface area contributed by atoms with Crippen molar-refractivity contribution in [1.82, 2.24) is 4.90 Å².